The maximum Gasteiger partial charge on any atom is 0.509 e. The summed E-state index contributed by atoms with van der Waals surface area (Å²) in [5.74, 6) is -3.42. The fourth-order valence-electron chi connectivity index (χ4n) is 8.83. The minimum absolute atomic E-state index is 0.137. The number of halogens is 1. The Hall–Kier alpha value is -2.22. The first-order valence-corrected chi connectivity index (χ1v) is 14.2. The summed E-state index contributed by atoms with van der Waals surface area (Å²) in [4.78, 5) is 38.3. The Morgan fingerprint density at radius 3 is 2.34 bits per heavy atom. The number of hydrogen-bond acceptors (Lipinski definition) is 6. The molecule has 0 aromatic rings. The van der Waals surface area contributed by atoms with Crippen molar-refractivity contribution in [3.8, 4) is 0 Å². The van der Waals surface area contributed by atoms with Gasteiger partial charge >= 0.3 is 12.1 Å². The van der Waals surface area contributed by atoms with E-state index in [1.807, 2.05) is 20.8 Å². The molecule has 4 aliphatic rings. The van der Waals surface area contributed by atoms with Crippen LogP contribution in [-0.2, 0) is 19.1 Å². The summed E-state index contributed by atoms with van der Waals surface area (Å²) in [7, 11) is 0. The molecule has 38 heavy (non-hydrogen) atoms. The molecule has 0 amide bonds. The van der Waals surface area contributed by atoms with E-state index in [1.54, 1.807) is 26.8 Å². The van der Waals surface area contributed by atoms with Crippen LogP contribution in [0.2, 0.25) is 0 Å². The van der Waals surface area contributed by atoms with E-state index in [1.165, 1.54) is 12.2 Å². The largest absolute Gasteiger partial charge is 0.509 e. The number of ketones is 1. The topological polar surface area (TPSA) is 110 Å². The molecule has 0 aromatic heterocycles. The minimum Gasteiger partial charge on any atom is -0.478 e. The minimum atomic E-state index is -2.10. The Bertz CT molecular complexity index is 1050. The lowest BCUT2D eigenvalue weighted by molar-refractivity contribution is -0.231. The van der Waals surface area contributed by atoms with Gasteiger partial charge < -0.3 is 19.7 Å². The third kappa shape index (κ3) is 3.80. The van der Waals surface area contributed by atoms with Gasteiger partial charge in [0, 0.05) is 22.7 Å². The number of carboxylic acids is 1. The second kappa shape index (κ2) is 9.76. The van der Waals surface area contributed by atoms with Gasteiger partial charge in [0.2, 0.25) is 5.60 Å². The molecule has 3 saturated carbocycles. The molecule has 0 aliphatic heterocycles. The van der Waals surface area contributed by atoms with E-state index >= 15 is 4.39 Å². The Balaban J connectivity index is 1.74. The molecule has 0 aromatic carbocycles. The van der Waals surface area contributed by atoms with E-state index in [4.69, 9.17) is 9.47 Å². The molecule has 0 heterocycles. The number of aliphatic hydroxyl groups is 1. The lowest BCUT2D eigenvalue weighted by atomic mass is 9.43. The van der Waals surface area contributed by atoms with Gasteiger partial charge in [-0.1, -0.05) is 59.1 Å². The van der Waals surface area contributed by atoms with Crippen molar-refractivity contribution in [1.29, 1.82) is 0 Å². The first-order chi connectivity index (χ1) is 17.7. The number of rotatable bonds is 7. The van der Waals surface area contributed by atoms with Crippen molar-refractivity contribution in [2.45, 2.75) is 110 Å². The molecule has 4 rings (SSSR count). The maximum absolute atomic E-state index is 17.5. The van der Waals surface area contributed by atoms with Crippen LogP contribution in [0, 0.1) is 34.5 Å². The number of ether oxygens (including phenoxy) is 2. The van der Waals surface area contributed by atoms with Gasteiger partial charge in [-0.3, -0.25) is 4.79 Å². The van der Waals surface area contributed by atoms with E-state index < -0.39 is 58.1 Å². The number of aliphatic carboxylic acids is 1. The zero-order chi connectivity index (χ0) is 28.3. The van der Waals surface area contributed by atoms with E-state index in [2.05, 4.69) is 0 Å². The molecular formula is C30H43FO7. The summed E-state index contributed by atoms with van der Waals surface area (Å²) < 4.78 is 28.9. The Morgan fingerprint density at radius 2 is 1.76 bits per heavy atom. The second-order valence-corrected chi connectivity index (χ2v) is 12.6. The first-order valence-electron chi connectivity index (χ1n) is 14.2. The van der Waals surface area contributed by atoms with Gasteiger partial charge in [0.05, 0.1) is 6.10 Å². The van der Waals surface area contributed by atoms with E-state index in [9.17, 15) is 24.6 Å². The summed E-state index contributed by atoms with van der Waals surface area (Å²) >= 11 is 0. The summed E-state index contributed by atoms with van der Waals surface area (Å²) in [6, 6.07) is 0. The SMILES string of the molecule is CCCC(CCC)OC(=O)OC1(C(=O)O)[C@H](C)C[C@H]2[C@@H]3C[C@H](C)C4=CC(=O)C=C[C@]4(C)[C@@]3(F)[C@@H](O)C[C@@]21C. The number of fused-ring (bicyclic) bond motifs is 5. The summed E-state index contributed by atoms with van der Waals surface area (Å²) in [6.45, 7) is 11.1. The fourth-order valence-corrected chi connectivity index (χ4v) is 8.83. The molecule has 9 atom stereocenters. The number of carbonyl (C=O) groups excluding carboxylic acids is 2. The van der Waals surface area contributed by atoms with Gasteiger partial charge in [-0.15, -0.1) is 0 Å². The van der Waals surface area contributed by atoms with Crippen LogP contribution >= 0.6 is 0 Å². The quantitative estimate of drug-likeness (QED) is 0.398. The smallest absolute Gasteiger partial charge is 0.478 e. The molecule has 0 spiro atoms. The third-order valence-electron chi connectivity index (χ3n) is 10.6. The van der Waals surface area contributed by atoms with Crippen LogP contribution < -0.4 is 0 Å². The highest BCUT2D eigenvalue weighted by Crippen LogP contribution is 2.72. The fraction of sp³-hybridized carbons (Fsp3) is 0.767. The monoisotopic (exact) mass is 534 g/mol. The number of hydrogen-bond donors (Lipinski definition) is 2. The average molecular weight is 535 g/mol. The molecule has 7 nitrogen and oxygen atoms in total. The predicted molar refractivity (Wildman–Crippen MR) is 139 cm³/mol. The van der Waals surface area contributed by atoms with Crippen LogP contribution in [-0.4, -0.2) is 51.6 Å². The van der Waals surface area contributed by atoms with Gasteiger partial charge in [-0.2, -0.15) is 0 Å². The van der Waals surface area contributed by atoms with Crippen LogP contribution in [0.1, 0.15) is 86.5 Å². The van der Waals surface area contributed by atoms with E-state index in [0.29, 0.717) is 31.3 Å². The molecule has 0 bridgehead atoms. The van der Waals surface area contributed by atoms with Gasteiger partial charge in [0.15, 0.2) is 11.5 Å². The Morgan fingerprint density at radius 1 is 1.13 bits per heavy atom. The number of alkyl halides is 1. The third-order valence-corrected chi connectivity index (χ3v) is 10.6. The van der Waals surface area contributed by atoms with Crippen LogP contribution in [0.4, 0.5) is 9.18 Å². The highest BCUT2D eigenvalue weighted by Gasteiger charge is 2.78. The molecule has 0 radical (unpaired) electrons. The summed E-state index contributed by atoms with van der Waals surface area (Å²) in [5.41, 5.74) is -5.84. The number of aliphatic hydroxyl groups excluding tert-OH is 1. The van der Waals surface area contributed by atoms with Gasteiger partial charge in [0.1, 0.15) is 6.10 Å². The van der Waals surface area contributed by atoms with Crippen molar-refractivity contribution in [1.82, 2.24) is 0 Å². The number of allylic oxidation sites excluding steroid dienone is 4. The van der Waals surface area contributed by atoms with E-state index in [0.717, 1.165) is 12.8 Å². The predicted octanol–water partition coefficient (Wildman–Crippen LogP) is 5.79. The Labute approximate surface area is 224 Å². The van der Waals surface area contributed by atoms with Crippen molar-refractivity contribution in [2.24, 2.45) is 34.5 Å². The maximum atomic E-state index is 17.5. The normalized spacial score (nSPS) is 43.7. The van der Waals surface area contributed by atoms with Crippen molar-refractivity contribution < 1.29 is 38.5 Å². The molecular weight excluding hydrogens is 491 g/mol. The molecule has 2 N–H and O–H groups in total. The van der Waals surface area contributed by atoms with Crippen molar-refractivity contribution in [2.75, 3.05) is 0 Å². The van der Waals surface area contributed by atoms with Gasteiger partial charge in [0.25, 0.3) is 0 Å². The van der Waals surface area contributed by atoms with E-state index in [-0.39, 0.29) is 24.2 Å². The lowest BCUT2D eigenvalue weighted by Crippen LogP contribution is -2.70. The van der Waals surface area contributed by atoms with Crippen LogP contribution in [0.3, 0.4) is 0 Å². The number of carboxylic acid groups (broad SMARTS) is 1. The molecule has 3 fully saturated rings. The molecule has 4 aliphatic carbocycles. The standard InChI is InChI=1S/C30H43FO7/c1-7-9-20(10-8-2)37-26(36)38-30(25(34)35)18(4)14-22-23-13-17(3)21-15-19(32)11-12-27(21,5)29(23,31)24(33)16-28(22,30)6/h11-12,15,17-18,20,22-24,33H,7-10,13-14,16H2,1-6H3,(H,34,35)/t17-,18+,22-,23-,24-,27-,28-,29-,30?/m0/s1. The Kier molecular flexibility index (Phi) is 7.39. The highest BCUT2D eigenvalue weighted by molar-refractivity contribution is 6.01. The molecule has 0 saturated heterocycles. The van der Waals surface area contributed by atoms with Crippen LogP contribution in [0.15, 0.2) is 23.8 Å². The summed E-state index contributed by atoms with van der Waals surface area (Å²) in [6.07, 6.45) is 4.91. The lowest BCUT2D eigenvalue weighted by Gasteiger charge is -2.63. The zero-order valence-corrected chi connectivity index (χ0v) is 23.5. The van der Waals surface area contributed by atoms with Crippen LogP contribution in [0.5, 0.6) is 0 Å². The number of carbonyl (C=O) groups is 3. The van der Waals surface area contributed by atoms with Crippen molar-refractivity contribution >= 4 is 17.9 Å². The molecule has 8 heteroatoms. The second-order valence-electron chi connectivity index (χ2n) is 12.6. The molecule has 212 valence electrons. The molecule has 1 unspecified atom stereocenters. The zero-order valence-electron chi connectivity index (χ0n) is 23.5. The summed E-state index contributed by atoms with van der Waals surface area (Å²) in [5, 5.41) is 22.2. The van der Waals surface area contributed by atoms with Crippen molar-refractivity contribution in [3.05, 3.63) is 23.8 Å². The average Bonchev–Trinajstić information content (AvgIpc) is 3.05. The van der Waals surface area contributed by atoms with Gasteiger partial charge in [-0.25, -0.2) is 14.0 Å². The van der Waals surface area contributed by atoms with Crippen LogP contribution in [0.25, 0.3) is 0 Å². The first kappa shape index (κ1) is 28.8. The van der Waals surface area contributed by atoms with Crippen molar-refractivity contribution in [3.63, 3.8) is 0 Å². The highest BCUT2D eigenvalue weighted by atomic mass is 19.1. The van der Waals surface area contributed by atoms with Gasteiger partial charge in [-0.05, 0) is 63.0 Å².